The van der Waals surface area contributed by atoms with Crippen LogP contribution in [-0.2, 0) is 9.84 Å². The molecule has 0 amide bonds. The van der Waals surface area contributed by atoms with E-state index >= 15 is 0 Å². The van der Waals surface area contributed by atoms with Crippen LogP contribution in [0.5, 0.6) is 0 Å². The molecule has 0 saturated carbocycles. The highest BCUT2D eigenvalue weighted by Crippen LogP contribution is 2.21. The van der Waals surface area contributed by atoms with Gasteiger partial charge in [0.15, 0.2) is 9.84 Å². The molecule has 0 fully saturated rings. The minimum atomic E-state index is -3.14. The van der Waals surface area contributed by atoms with Gasteiger partial charge >= 0.3 is 0 Å². The Morgan fingerprint density at radius 3 is 2.50 bits per heavy atom. The number of hydrogen-bond donors (Lipinski definition) is 1. The Morgan fingerprint density at radius 1 is 1.39 bits per heavy atom. The Bertz CT molecular complexity index is 589. The molecule has 0 unspecified atom stereocenters. The lowest BCUT2D eigenvalue weighted by Crippen LogP contribution is -2.38. The maximum Gasteiger partial charge on any atom is 0.154 e. The lowest BCUT2D eigenvalue weighted by atomic mass is 10.2. The van der Waals surface area contributed by atoms with Crippen molar-refractivity contribution < 1.29 is 8.42 Å². The molecule has 0 bridgehead atoms. The molecule has 0 heterocycles. The van der Waals surface area contributed by atoms with Crippen LogP contribution < -0.4 is 5.32 Å². The van der Waals surface area contributed by atoms with Crippen molar-refractivity contribution in [3.8, 4) is 6.07 Å². The number of sulfone groups is 1. The molecule has 0 aliphatic carbocycles. The van der Waals surface area contributed by atoms with Crippen LogP contribution in [0.2, 0.25) is 0 Å². The normalized spacial score (nSPS) is 11.9. The summed E-state index contributed by atoms with van der Waals surface area (Å²) in [5, 5.41) is 11.9. The Balaban J connectivity index is 2.88. The standard InChI is InChI=1S/C12H15BrN2O2S/c1-12(2,18(3,16)17)8-15-11-5-9(7-14)4-10(13)6-11/h4-6,15H,8H2,1-3H3. The number of halogens is 1. The second kappa shape index (κ2) is 5.29. The van der Waals surface area contributed by atoms with Crippen molar-refractivity contribution in [2.24, 2.45) is 0 Å². The zero-order valence-corrected chi connectivity index (χ0v) is 12.9. The second-order valence-electron chi connectivity index (χ2n) is 4.73. The van der Waals surface area contributed by atoms with Crippen molar-refractivity contribution in [2.45, 2.75) is 18.6 Å². The summed E-state index contributed by atoms with van der Waals surface area (Å²) in [5.74, 6) is 0. The van der Waals surface area contributed by atoms with E-state index in [9.17, 15) is 8.42 Å². The topological polar surface area (TPSA) is 70.0 Å². The van der Waals surface area contributed by atoms with E-state index in [0.717, 1.165) is 10.2 Å². The fraction of sp³-hybridized carbons (Fsp3) is 0.417. The summed E-state index contributed by atoms with van der Waals surface area (Å²) in [7, 11) is -3.14. The van der Waals surface area contributed by atoms with E-state index in [1.165, 1.54) is 6.26 Å². The maximum absolute atomic E-state index is 11.6. The molecule has 0 atom stereocenters. The molecule has 18 heavy (non-hydrogen) atoms. The molecule has 1 rings (SSSR count). The van der Waals surface area contributed by atoms with Crippen LogP contribution in [0, 0.1) is 11.3 Å². The van der Waals surface area contributed by atoms with Gasteiger partial charge < -0.3 is 5.32 Å². The van der Waals surface area contributed by atoms with Gasteiger partial charge in [-0.1, -0.05) is 15.9 Å². The van der Waals surface area contributed by atoms with Crippen molar-refractivity contribution in [3.05, 3.63) is 28.2 Å². The molecular weight excluding hydrogens is 316 g/mol. The number of nitrogens with zero attached hydrogens (tertiary/aromatic N) is 1. The van der Waals surface area contributed by atoms with Crippen molar-refractivity contribution in [3.63, 3.8) is 0 Å². The Kier molecular flexibility index (Phi) is 4.41. The molecule has 0 aromatic heterocycles. The number of benzene rings is 1. The molecule has 98 valence electrons. The van der Waals surface area contributed by atoms with E-state index in [1.54, 1.807) is 32.0 Å². The average molecular weight is 331 g/mol. The van der Waals surface area contributed by atoms with E-state index in [1.807, 2.05) is 6.07 Å². The highest BCUT2D eigenvalue weighted by atomic mass is 79.9. The first-order valence-electron chi connectivity index (χ1n) is 5.30. The molecule has 1 aromatic carbocycles. The summed E-state index contributed by atoms with van der Waals surface area (Å²) < 4.78 is 23.0. The van der Waals surface area contributed by atoms with Gasteiger partial charge in [-0.3, -0.25) is 0 Å². The van der Waals surface area contributed by atoms with E-state index < -0.39 is 14.6 Å². The van der Waals surface area contributed by atoms with Crippen molar-refractivity contribution >= 4 is 31.5 Å². The smallest absolute Gasteiger partial charge is 0.154 e. The second-order valence-corrected chi connectivity index (χ2v) is 8.29. The van der Waals surface area contributed by atoms with Crippen LogP contribution in [0.3, 0.4) is 0 Å². The largest absolute Gasteiger partial charge is 0.383 e. The lowest BCUT2D eigenvalue weighted by Gasteiger charge is -2.23. The summed E-state index contributed by atoms with van der Waals surface area (Å²) in [5.41, 5.74) is 1.24. The zero-order chi connectivity index (χ0) is 14.0. The number of nitriles is 1. The molecule has 0 aliphatic heterocycles. The molecule has 1 N–H and O–H groups in total. The average Bonchev–Trinajstić information content (AvgIpc) is 2.24. The van der Waals surface area contributed by atoms with Gasteiger partial charge in [0.2, 0.25) is 0 Å². The molecule has 0 spiro atoms. The van der Waals surface area contributed by atoms with Crippen molar-refractivity contribution in [1.29, 1.82) is 5.26 Å². The van der Waals surface area contributed by atoms with Crippen LogP contribution in [0.15, 0.2) is 22.7 Å². The molecule has 4 nitrogen and oxygen atoms in total. The van der Waals surface area contributed by atoms with Gasteiger partial charge in [-0.05, 0) is 32.0 Å². The Labute approximate surface area is 116 Å². The summed E-state index contributed by atoms with van der Waals surface area (Å²) in [6.45, 7) is 3.62. The lowest BCUT2D eigenvalue weighted by molar-refractivity contribution is 0.560. The molecule has 0 aliphatic rings. The third kappa shape index (κ3) is 3.72. The van der Waals surface area contributed by atoms with Crippen molar-refractivity contribution in [1.82, 2.24) is 0 Å². The van der Waals surface area contributed by atoms with Crippen molar-refractivity contribution in [2.75, 3.05) is 18.1 Å². The summed E-state index contributed by atoms with van der Waals surface area (Å²) in [6.07, 6.45) is 1.22. The Hall–Kier alpha value is -1.06. The van der Waals surface area contributed by atoms with Crippen LogP contribution >= 0.6 is 15.9 Å². The van der Waals surface area contributed by atoms with Crippen LogP contribution in [0.25, 0.3) is 0 Å². The van der Waals surface area contributed by atoms with E-state index in [0.29, 0.717) is 5.56 Å². The van der Waals surface area contributed by atoms with E-state index in [-0.39, 0.29) is 6.54 Å². The first-order valence-corrected chi connectivity index (χ1v) is 7.98. The highest BCUT2D eigenvalue weighted by Gasteiger charge is 2.29. The van der Waals surface area contributed by atoms with Crippen LogP contribution in [0.4, 0.5) is 5.69 Å². The number of nitrogens with one attached hydrogen (secondary N) is 1. The minimum Gasteiger partial charge on any atom is -0.383 e. The van der Waals surface area contributed by atoms with Gasteiger partial charge in [-0.2, -0.15) is 5.26 Å². The third-order valence-electron chi connectivity index (χ3n) is 2.75. The minimum absolute atomic E-state index is 0.285. The predicted octanol–water partition coefficient (Wildman–Crippen LogP) is 2.56. The van der Waals surface area contributed by atoms with Crippen LogP contribution in [0.1, 0.15) is 19.4 Å². The first kappa shape index (κ1) is 15.0. The zero-order valence-electron chi connectivity index (χ0n) is 10.5. The fourth-order valence-electron chi connectivity index (χ4n) is 1.20. The fourth-order valence-corrected chi connectivity index (χ4v) is 2.03. The SMILES string of the molecule is CC(C)(CNc1cc(Br)cc(C#N)c1)S(C)(=O)=O. The van der Waals surface area contributed by atoms with E-state index in [4.69, 9.17) is 5.26 Å². The highest BCUT2D eigenvalue weighted by molar-refractivity contribution is 9.10. The van der Waals surface area contributed by atoms with Gasteiger partial charge in [0.1, 0.15) is 0 Å². The third-order valence-corrected chi connectivity index (χ3v) is 5.36. The molecule has 0 saturated heterocycles. The summed E-state index contributed by atoms with van der Waals surface area (Å²) in [6, 6.07) is 7.24. The summed E-state index contributed by atoms with van der Waals surface area (Å²) in [4.78, 5) is 0. The molecular formula is C12H15BrN2O2S. The number of hydrogen-bond acceptors (Lipinski definition) is 4. The van der Waals surface area contributed by atoms with Crippen LogP contribution in [-0.4, -0.2) is 26.0 Å². The quantitative estimate of drug-likeness (QED) is 0.920. The summed E-state index contributed by atoms with van der Waals surface area (Å²) >= 11 is 3.30. The predicted molar refractivity (Wildman–Crippen MR) is 76.3 cm³/mol. The first-order chi connectivity index (χ1) is 8.15. The van der Waals surface area contributed by atoms with Gasteiger partial charge in [0.05, 0.1) is 16.4 Å². The molecule has 1 aromatic rings. The van der Waals surface area contributed by atoms with Gasteiger partial charge in [-0.25, -0.2) is 8.42 Å². The van der Waals surface area contributed by atoms with E-state index in [2.05, 4.69) is 21.2 Å². The van der Waals surface area contributed by atoms with Gasteiger partial charge in [-0.15, -0.1) is 0 Å². The number of anilines is 1. The van der Waals surface area contributed by atoms with Gasteiger partial charge in [0.25, 0.3) is 0 Å². The Morgan fingerprint density at radius 2 is 2.00 bits per heavy atom. The molecule has 6 heteroatoms. The van der Waals surface area contributed by atoms with Gasteiger partial charge in [0, 0.05) is 23.0 Å². The maximum atomic E-state index is 11.6. The monoisotopic (exact) mass is 330 g/mol. The number of rotatable bonds is 4. The molecule has 0 radical (unpaired) electrons.